The number of hydrogen-bond donors (Lipinski definition) is 0. The van der Waals surface area contributed by atoms with Gasteiger partial charge >= 0.3 is 0 Å². The lowest BCUT2D eigenvalue weighted by molar-refractivity contribution is -0.131. The number of aromatic nitrogens is 1. The molecule has 1 aliphatic rings. The Balaban J connectivity index is 1.45. The Bertz CT molecular complexity index is 1320. The lowest BCUT2D eigenvalue weighted by Gasteiger charge is -2.34. The standard InChI is InChI=1S/C24H24N4O3S2/c1-17-7-9-19(10-8-17)24-21(32-18(2)26-24)15-23(29)27-11-13-28(14-12-27)33(30,31)22-6-4-3-5-20(22)16-25/h3-10H,11-15H2,1-2H3. The topological polar surface area (TPSA) is 94.4 Å². The number of carbonyl (C=O) groups excluding carboxylic acids is 1. The molecule has 170 valence electrons. The number of thiazole rings is 1. The average molecular weight is 481 g/mol. The first kappa shape index (κ1) is 23.1. The molecule has 0 radical (unpaired) electrons. The van der Waals surface area contributed by atoms with Crippen molar-refractivity contribution in [1.82, 2.24) is 14.2 Å². The Morgan fingerprint density at radius 2 is 1.73 bits per heavy atom. The normalized spacial score (nSPS) is 14.8. The second kappa shape index (κ2) is 9.43. The fraction of sp³-hybridized carbons (Fsp3) is 0.292. The number of nitrogens with zero attached hydrogens (tertiary/aromatic N) is 4. The average Bonchev–Trinajstić information content (AvgIpc) is 3.19. The molecule has 0 saturated carbocycles. The van der Waals surface area contributed by atoms with Gasteiger partial charge in [0.2, 0.25) is 15.9 Å². The number of rotatable bonds is 5. The molecule has 0 unspecified atom stereocenters. The molecule has 33 heavy (non-hydrogen) atoms. The molecule has 0 aliphatic carbocycles. The van der Waals surface area contributed by atoms with Gasteiger partial charge in [-0.15, -0.1) is 11.3 Å². The summed E-state index contributed by atoms with van der Waals surface area (Å²) >= 11 is 1.52. The van der Waals surface area contributed by atoms with Crippen LogP contribution in [0.2, 0.25) is 0 Å². The predicted octanol–water partition coefficient (Wildman–Crippen LogP) is 3.37. The molecular weight excluding hydrogens is 456 g/mol. The molecule has 2 aromatic carbocycles. The fourth-order valence-electron chi connectivity index (χ4n) is 3.88. The van der Waals surface area contributed by atoms with Crippen LogP contribution >= 0.6 is 11.3 Å². The third kappa shape index (κ3) is 4.83. The van der Waals surface area contributed by atoms with Gasteiger partial charge in [-0.25, -0.2) is 13.4 Å². The highest BCUT2D eigenvalue weighted by Gasteiger charge is 2.32. The van der Waals surface area contributed by atoms with Gasteiger partial charge in [0.15, 0.2) is 0 Å². The van der Waals surface area contributed by atoms with E-state index in [4.69, 9.17) is 0 Å². The summed E-state index contributed by atoms with van der Waals surface area (Å²) in [5.41, 5.74) is 3.11. The van der Waals surface area contributed by atoms with E-state index >= 15 is 0 Å². The molecule has 1 fully saturated rings. The summed E-state index contributed by atoms with van der Waals surface area (Å²) in [6, 6.07) is 16.2. The van der Waals surface area contributed by atoms with Crippen molar-refractivity contribution in [3.63, 3.8) is 0 Å². The predicted molar refractivity (Wildman–Crippen MR) is 127 cm³/mol. The lowest BCUT2D eigenvalue weighted by Crippen LogP contribution is -2.50. The zero-order valence-corrected chi connectivity index (χ0v) is 20.1. The van der Waals surface area contributed by atoms with Crippen molar-refractivity contribution in [2.24, 2.45) is 0 Å². The van der Waals surface area contributed by atoms with Gasteiger partial charge in [-0.3, -0.25) is 4.79 Å². The zero-order chi connectivity index (χ0) is 23.6. The van der Waals surface area contributed by atoms with Crippen LogP contribution in [0.15, 0.2) is 53.4 Å². The van der Waals surface area contributed by atoms with Crippen LogP contribution in [0.1, 0.15) is 21.0 Å². The quantitative estimate of drug-likeness (QED) is 0.558. The molecule has 9 heteroatoms. The largest absolute Gasteiger partial charge is 0.340 e. The van der Waals surface area contributed by atoms with E-state index in [1.807, 2.05) is 44.2 Å². The minimum absolute atomic E-state index is 0.00940. The number of piperazine rings is 1. The molecule has 4 rings (SSSR count). The third-order valence-electron chi connectivity index (χ3n) is 5.66. The Hall–Kier alpha value is -3.06. The van der Waals surface area contributed by atoms with Crippen molar-refractivity contribution in [2.75, 3.05) is 26.2 Å². The van der Waals surface area contributed by atoms with E-state index in [9.17, 15) is 18.5 Å². The first-order valence-corrected chi connectivity index (χ1v) is 12.9. The second-order valence-electron chi connectivity index (χ2n) is 7.94. The number of nitriles is 1. The highest BCUT2D eigenvalue weighted by atomic mass is 32.2. The molecular formula is C24H24N4O3S2. The highest BCUT2D eigenvalue weighted by molar-refractivity contribution is 7.89. The van der Waals surface area contributed by atoms with E-state index in [2.05, 4.69) is 4.98 Å². The number of aryl methyl sites for hydroxylation is 2. The summed E-state index contributed by atoms with van der Waals surface area (Å²) in [5, 5.41) is 10.2. The second-order valence-corrected chi connectivity index (χ2v) is 11.1. The number of sulfonamides is 1. The van der Waals surface area contributed by atoms with Crippen LogP contribution in [-0.2, 0) is 21.2 Å². The van der Waals surface area contributed by atoms with Crippen LogP contribution in [0.3, 0.4) is 0 Å². The van der Waals surface area contributed by atoms with Crippen molar-refractivity contribution in [1.29, 1.82) is 5.26 Å². The van der Waals surface area contributed by atoms with Gasteiger partial charge in [0.1, 0.15) is 6.07 Å². The monoisotopic (exact) mass is 480 g/mol. The number of benzene rings is 2. The van der Waals surface area contributed by atoms with Gasteiger partial charge in [-0.05, 0) is 26.0 Å². The molecule has 3 aromatic rings. The minimum atomic E-state index is -3.79. The SMILES string of the molecule is Cc1ccc(-c2nc(C)sc2CC(=O)N2CCN(S(=O)(=O)c3ccccc3C#N)CC2)cc1. The number of amides is 1. The van der Waals surface area contributed by atoms with Crippen molar-refractivity contribution < 1.29 is 13.2 Å². The Morgan fingerprint density at radius 3 is 2.39 bits per heavy atom. The Labute approximate surface area is 198 Å². The molecule has 0 atom stereocenters. The zero-order valence-electron chi connectivity index (χ0n) is 18.5. The van der Waals surface area contributed by atoms with Gasteiger partial charge in [-0.1, -0.05) is 42.0 Å². The van der Waals surface area contributed by atoms with Crippen molar-refractivity contribution in [3.8, 4) is 17.3 Å². The third-order valence-corrected chi connectivity index (χ3v) is 8.59. The molecule has 1 amide bonds. The lowest BCUT2D eigenvalue weighted by atomic mass is 10.1. The van der Waals surface area contributed by atoms with E-state index in [1.54, 1.807) is 17.0 Å². The van der Waals surface area contributed by atoms with Crippen LogP contribution < -0.4 is 0 Å². The van der Waals surface area contributed by atoms with Crippen LogP contribution in [0, 0.1) is 25.2 Å². The molecule has 0 spiro atoms. The molecule has 7 nitrogen and oxygen atoms in total. The maximum Gasteiger partial charge on any atom is 0.244 e. The van der Waals surface area contributed by atoms with Gasteiger partial charge in [-0.2, -0.15) is 9.57 Å². The van der Waals surface area contributed by atoms with Crippen molar-refractivity contribution >= 4 is 27.3 Å². The summed E-state index contributed by atoms with van der Waals surface area (Å²) in [4.78, 5) is 20.3. The molecule has 0 bridgehead atoms. The van der Waals surface area contributed by atoms with E-state index in [1.165, 1.54) is 27.8 Å². The van der Waals surface area contributed by atoms with Crippen LogP contribution in [0.4, 0.5) is 0 Å². The Kier molecular flexibility index (Phi) is 6.61. The highest BCUT2D eigenvalue weighted by Crippen LogP contribution is 2.29. The summed E-state index contributed by atoms with van der Waals surface area (Å²) in [6.45, 7) is 4.97. The van der Waals surface area contributed by atoms with E-state index in [-0.39, 0.29) is 35.9 Å². The van der Waals surface area contributed by atoms with Gasteiger partial charge in [0.25, 0.3) is 0 Å². The summed E-state index contributed by atoms with van der Waals surface area (Å²) in [6.07, 6.45) is 0.235. The first-order valence-electron chi connectivity index (χ1n) is 10.6. The number of carbonyl (C=O) groups is 1. The fourth-order valence-corrected chi connectivity index (χ4v) is 6.39. The molecule has 0 N–H and O–H groups in total. The molecule has 2 heterocycles. The van der Waals surface area contributed by atoms with Gasteiger partial charge in [0, 0.05) is 36.6 Å². The van der Waals surface area contributed by atoms with Gasteiger partial charge < -0.3 is 4.90 Å². The van der Waals surface area contributed by atoms with Gasteiger partial charge in [0.05, 0.1) is 27.6 Å². The maximum absolute atomic E-state index is 13.0. The Morgan fingerprint density at radius 1 is 1.06 bits per heavy atom. The maximum atomic E-state index is 13.0. The van der Waals surface area contributed by atoms with Crippen LogP contribution in [-0.4, -0.2) is 54.7 Å². The molecule has 1 aromatic heterocycles. The molecule has 1 aliphatic heterocycles. The van der Waals surface area contributed by atoms with Crippen LogP contribution in [0.25, 0.3) is 11.3 Å². The van der Waals surface area contributed by atoms with Crippen molar-refractivity contribution in [2.45, 2.75) is 25.2 Å². The van der Waals surface area contributed by atoms with E-state index < -0.39 is 10.0 Å². The van der Waals surface area contributed by atoms with Crippen molar-refractivity contribution in [3.05, 3.63) is 69.5 Å². The van der Waals surface area contributed by atoms with E-state index in [0.29, 0.717) is 13.1 Å². The summed E-state index contributed by atoms with van der Waals surface area (Å²) in [7, 11) is -3.79. The van der Waals surface area contributed by atoms with E-state index in [0.717, 1.165) is 26.7 Å². The minimum Gasteiger partial charge on any atom is -0.340 e. The van der Waals surface area contributed by atoms with Crippen LogP contribution in [0.5, 0.6) is 0 Å². The summed E-state index contributed by atoms with van der Waals surface area (Å²) < 4.78 is 27.4. The smallest absolute Gasteiger partial charge is 0.244 e. The molecule has 1 saturated heterocycles. The summed E-state index contributed by atoms with van der Waals surface area (Å²) in [5.74, 6) is -0.0403. The first-order chi connectivity index (χ1) is 15.8. The number of hydrogen-bond acceptors (Lipinski definition) is 6.